The molecule has 0 radical (unpaired) electrons. The van der Waals surface area contributed by atoms with Crippen LogP contribution in [0, 0.1) is 10.1 Å². The van der Waals surface area contributed by atoms with E-state index in [2.05, 4.69) is 15.3 Å². The minimum absolute atomic E-state index is 0.00434. The van der Waals surface area contributed by atoms with Crippen molar-refractivity contribution in [3.8, 4) is 0 Å². The largest absolute Gasteiger partial charge is 0.384 e. The number of nitrogens with one attached hydrogen (secondary N) is 2. The van der Waals surface area contributed by atoms with Crippen LogP contribution in [0.1, 0.15) is 16.1 Å². The Morgan fingerprint density at radius 2 is 2.35 bits per heavy atom. The Morgan fingerprint density at radius 1 is 1.60 bits per heavy atom. The summed E-state index contributed by atoms with van der Waals surface area (Å²) < 4.78 is 0. The van der Waals surface area contributed by atoms with E-state index in [9.17, 15) is 19.7 Å². The Morgan fingerprint density at radius 3 is 2.95 bits per heavy atom. The Labute approximate surface area is 115 Å². The highest BCUT2D eigenvalue weighted by molar-refractivity contribution is 7.07. The number of nitrogen functional groups attached to an aromatic ring is 1. The van der Waals surface area contributed by atoms with Crippen LogP contribution in [0.25, 0.3) is 0 Å². The quantitative estimate of drug-likeness (QED) is 0.544. The van der Waals surface area contributed by atoms with Gasteiger partial charge in [-0.2, -0.15) is 0 Å². The molecule has 4 N–H and O–H groups in total. The van der Waals surface area contributed by atoms with E-state index in [0.29, 0.717) is 5.69 Å². The summed E-state index contributed by atoms with van der Waals surface area (Å²) in [4.78, 5) is 38.8. The number of hydrogen-bond donors (Lipinski definition) is 3. The zero-order chi connectivity index (χ0) is 14.7. The van der Waals surface area contributed by atoms with Gasteiger partial charge in [0.1, 0.15) is 17.6 Å². The summed E-state index contributed by atoms with van der Waals surface area (Å²) in [6.45, 7) is 0.0525. The molecule has 2 aromatic rings. The summed E-state index contributed by atoms with van der Waals surface area (Å²) in [7, 11) is 0. The van der Waals surface area contributed by atoms with Crippen molar-refractivity contribution < 1.29 is 9.72 Å². The van der Waals surface area contributed by atoms with Gasteiger partial charge >= 0.3 is 4.87 Å². The van der Waals surface area contributed by atoms with Gasteiger partial charge in [-0.15, -0.1) is 0 Å². The van der Waals surface area contributed by atoms with Gasteiger partial charge in [-0.3, -0.25) is 19.7 Å². The fraction of sp³-hybridized carbons (Fsp3) is 0.100. The minimum Gasteiger partial charge on any atom is -0.384 e. The van der Waals surface area contributed by atoms with Gasteiger partial charge in [-0.25, -0.2) is 4.98 Å². The summed E-state index contributed by atoms with van der Waals surface area (Å²) in [5, 5.41) is 14.8. The average Bonchev–Trinajstić information content (AvgIpc) is 2.81. The first-order valence-corrected chi connectivity index (χ1v) is 6.20. The normalized spacial score (nSPS) is 10.2. The molecule has 2 rings (SSSR count). The van der Waals surface area contributed by atoms with Crippen LogP contribution < -0.4 is 15.9 Å². The Kier molecular flexibility index (Phi) is 3.75. The number of anilines is 1. The van der Waals surface area contributed by atoms with Crippen molar-refractivity contribution in [2.45, 2.75) is 6.54 Å². The summed E-state index contributed by atoms with van der Waals surface area (Å²) in [6.07, 6.45) is 0.927. The highest BCUT2D eigenvalue weighted by Crippen LogP contribution is 2.18. The van der Waals surface area contributed by atoms with Crippen LogP contribution in [0.4, 0.5) is 11.5 Å². The molecule has 0 spiro atoms. The highest BCUT2D eigenvalue weighted by Gasteiger charge is 2.21. The number of pyridine rings is 1. The van der Waals surface area contributed by atoms with Gasteiger partial charge in [-0.1, -0.05) is 11.3 Å². The van der Waals surface area contributed by atoms with Crippen molar-refractivity contribution in [1.29, 1.82) is 0 Å². The monoisotopic (exact) mass is 295 g/mol. The number of aromatic amines is 1. The third-order valence-corrected chi connectivity index (χ3v) is 3.07. The second-order valence-corrected chi connectivity index (χ2v) is 4.58. The van der Waals surface area contributed by atoms with Crippen molar-refractivity contribution in [2.24, 2.45) is 0 Å². The second-order valence-electron chi connectivity index (χ2n) is 3.74. The Bertz CT molecular complexity index is 722. The van der Waals surface area contributed by atoms with Crippen molar-refractivity contribution in [3.63, 3.8) is 0 Å². The third kappa shape index (κ3) is 2.98. The molecule has 1 amide bonds. The molecule has 104 valence electrons. The van der Waals surface area contributed by atoms with E-state index in [1.165, 1.54) is 0 Å². The number of nitro groups is 1. The van der Waals surface area contributed by atoms with Crippen LogP contribution in [0.3, 0.4) is 0 Å². The molecule has 0 aliphatic rings. The predicted octanol–water partition coefficient (Wildman–Crippen LogP) is 0.252. The molecule has 0 atom stereocenters. The van der Waals surface area contributed by atoms with Crippen LogP contribution in [0.15, 0.2) is 22.4 Å². The van der Waals surface area contributed by atoms with E-state index >= 15 is 0 Å². The molecule has 0 saturated heterocycles. The van der Waals surface area contributed by atoms with Gasteiger partial charge < -0.3 is 16.0 Å². The molecule has 0 saturated carbocycles. The molecule has 0 aliphatic carbocycles. The first-order chi connectivity index (χ1) is 9.47. The maximum Gasteiger partial charge on any atom is 0.304 e. The van der Waals surface area contributed by atoms with Crippen molar-refractivity contribution in [3.05, 3.63) is 48.7 Å². The summed E-state index contributed by atoms with van der Waals surface area (Å²) in [5.41, 5.74) is 5.31. The number of hydrogen-bond acceptors (Lipinski definition) is 7. The second kappa shape index (κ2) is 5.48. The lowest BCUT2D eigenvalue weighted by Gasteiger charge is -2.05. The first-order valence-electron chi connectivity index (χ1n) is 5.32. The van der Waals surface area contributed by atoms with Crippen LogP contribution in [0.2, 0.25) is 0 Å². The number of aromatic nitrogens is 2. The lowest BCUT2D eigenvalue weighted by molar-refractivity contribution is -0.385. The fourth-order valence-corrected chi connectivity index (χ4v) is 2.04. The zero-order valence-electron chi connectivity index (χ0n) is 9.95. The van der Waals surface area contributed by atoms with Crippen molar-refractivity contribution in [1.82, 2.24) is 15.3 Å². The highest BCUT2D eigenvalue weighted by atomic mass is 32.1. The summed E-state index contributed by atoms with van der Waals surface area (Å²) >= 11 is 0.962. The summed E-state index contributed by atoms with van der Waals surface area (Å²) in [5.74, 6) is -0.664. The van der Waals surface area contributed by atoms with Crippen LogP contribution in [-0.2, 0) is 6.54 Å². The number of carbonyl (C=O) groups is 1. The van der Waals surface area contributed by atoms with Gasteiger partial charge in [0, 0.05) is 11.1 Å². The van der Waals surface area contributed by atoms with Crippen LogP contribution in [0.5, 0.6) is 0 Å². The summed E-state index contributed by atoms with van der Waals surface area (Å²) in [6, 6.07) is 1.13. The maximum atomic E-state index is 11.9. The molecule has 20 heavy (non-hydrogen) atoms. The van der Waals surface area contributed by atoms with Gasteiger partial charge in [0.15, 0.2) is 0 Å². The zero-order valence-corrected chi connectivity index (χ0v) is 10.8. The number of H-pyrrole nitrogens is 1. The van der Waals surface area contributed by atoms with Gasteiger partial charge in [0.2, 0.25) is 0 Å². The first kappa shape index (κ1) is 13.7. The van der Waals surface area contributed by atoms with Gasteiger partial charge in [0.25, 0.3) is 11.6 Å². The number of nitrogens with two attached hydrogens (primary N) is 1. The minimum atomic E-state index is -0.714. The topological polar surface area (TPSA) is 144 Å². The Hall–Kier alpha value is -2.75. The molecular weight excluding hydrogens is 286 g/mol. The fourth-order valence-electron chi connectivity index (χ4n) is 1.46. The number of thiazole rings is 1. The molecule has 0 fully saturated rings. The average molecular weight is 295 g/mol. The van der Waals surface area contributed by atoms with E-state index in [4.69, 9.17) is 5.73 Å². The van der Waals surface area contributed by atoms with Crippen molar-refractivity contribution >= 4 is 28.7 Å². The molecule has 9 nitrogen and oxygen atoms in total. The number of amides is 1. The Balaban J connectivity index is 2.18. The lowest BCUT2D eigenvalue weighted by atomic mass is 10.2. The van der Waals surface area contributed by atoms with E-state index < -0.39 is 16.5 Å². The van der Waals surface area contributed by atoms with E-state index in [-0.39, 0.29) is 22.8 Å². The van der Waals surface area contributed by atoms with E-state index in [1.54, 1.807) is 5.38 Å². The predicted molar refractivity (Wildman–Crippen MR) is 71.4 cm³/mol. The molecule has 2 aromatic heterocycles. The molecule has 0 bridgehead atoms. The van der Waals surface area contributed by atoms with Crippen molar-refractivity contribution in [2.75, 3.05) is 5.73 Å². The van der Waals surface area contributed by atoms with E-state index in [0.717, 1.165) is 23.6 Å². The lowest BCUT2D eigenvalue weighted by Crippen LogP contribution is -2.24. The third-order valence-electron chi connectivity index (χ3n) is 2.36. The van der Waals surface area contributed by atoms with Crippen LogP contribution >= 0.6 is 11.3 Å². The molecule has 10 heteroatoms. The molecular formula is C10H9N5O4S. The number of rotatable bonds is 4. The number of carbonyl (C=O) groups excluding carboxylic acids is 1. The van der Waals surface area contributed by atoms with Gasteiger partial charge in [-0.05, 0) is 6.07 Å². The van der Waals surface area contributed by atoms with Gasteiger partial charge in [0.05, 0.1) is 11.5 Å². The van der Waals surface area contributed by atoms with Crippen LogP contribution in [-0.4, -0.2) is 20.8 Å². The maximum absolute atomic E-state index is 11.9. The molecule has 0 unspecified atom stereocenters. The molecule has 0 aromatic carbocycles. The van der Waals surface area contributed by atoms with E-state index in [1.807, 2.05) is 0 Å². The molecule has 0 aliphatic heterocycles. The standard InChI is InChI=1S/C10H9N5O4S/c11-8-1-6(7(3-12-8)15(18)19)9(16)13-2-5-4-20-10(17)14-5/h1,3-4H,2H2,(H2,11,12)(H,13,16)(H,14,17). The SMILES string of the molecule is Nc1cc(C(=O)NCc2csc(=O)[nH]2)c([N+](=O)[O-])cn1. The smallest absolute Gasteiger partial charge is 0.304 e. The molecule has 2 heterocycles. The number of nitrogens with zero attached hydrogens (tertiary/aromatic N) is 2.